The zero-order valence-electron chi connectivity index (χ0n) is 70.7. The van der Waals surface area contributed by atoms with E-state index in [1.165, 1.54) is 134 Å². The fourth-order valence-electron chi connectivity index (χ4n) is 13.5. The predicted molar refractivity (Wildman–Crippen MR) is 480 cm³/mol. The van der Waals surface area contributed by atoms with Gasteiger partial charge in [-0.05, 0) is 177 Å². The van der Waals surface area contributed by atoms with Crippen molar-refractivity contribution in [2.45, 2.75) is 209 Å². The first kappa shape index (κ1) is 87.3. The van der Waals surface area contributed by atoms with E-state index in [4.69, 9.17) is 9.79 Å². The van der Waals surface area contributed by atoms with Gasteiger partial charge in [-0.2, -0.15) is 0 Å². The average molecular weight is 1510 g/mol. The predicted octanol–water partition coefficient (Wildman–Crippen LogP) is 30.8. The minimum absolute atomic E-state index is 0.106. The van der Waals surface area contributed by atoms with Crippen LogP contribution >= 0.6 is 16.5 Å². The molecule has 576 valence electrons. The van der Waals surface area contributed by atoms with Crippen molar-refractivity contribution in [2.24, 2.45) is 0 Å². The van der Waals surface area contributed by atoms with E-state index in [0.29, 0.717) is 0 Å². The van der Waals surface area contributed by atoms with E-state index in [9.17, 15) is 9.13 Å². The van der Waals surface area contributed by atoms with Gasteiger partial charge in [-0.1, -0.05) is 457 Å². The van der Waals surface area contributed by atoms with Gasteiger partial charge >= 0.3 is 16.5 Å². The standard InChI is InChI=1S/4C26H30.O5P2/c4*1-25(2,3)22-16-17-23(24(18-22)26(4,5)6)21-14-12-20(13-15-21)19-10-8-7-9-11-19;1-6(2)5-7(3)4/h4*7-18H,1-6H3;/p+2. The number of hydrogen-bond acceptors (Lipinski definition) is 3. The zero-order valence-corrected chi connectivity index (χ0v) is 72.5. The summed E-state index contributed by atoms with van der Waals surface area (Å²) in [6.45, 7) is 55.0. The molecule has 0 bridgehead atoms. The van der Waals surface area contributed by atoms with Crippen LogP contribution in [0.4, 0.5) is 0 Å². The van der Waals surface area contributed by atoms with Crippen molar-refractivity contribution in [3.63, 3.8) is 0 Å². The molecule has 7 heteroatoms. The third-order valence-corrected chi connectivity index (χ3v) is 21.2. The Hall–Kier alpha value is -9.28. The van der Waals surface area contributed by atoms with Gasteiger partial charge in [0, 0.05) is 9.13 Å². The second-order valence-electron chi connectivity index (χ2n) is 37.4. The van der Waals surface area contributed by atoms with E-state index in [0.717, 1.165) is 0 Å². The lowest BCUT2D eigenvalue weighted by molar-refractivity contribution is 0.371. The quantitative estimate of drug-likeness (QED) is 0.133. The van der Waals surface area contributed by atoms with Crippen molar-refractivity contribution in [1.29, 1.82) is 0 Å². The summed E-state index contributed by atoms with van der Waals surface area (Å²) in [6, 6.07) is 106. The van der Waals surface area contributed by atoms with E-state index < -0.39 is 16.5 Å². The van der Waals surface area contributed by atoms with E-state index in [1.54, 1.807) is 0 Å². The van der Waals surface area contributed by atoms with E-state index in [2.05, 4.69) is 462 Å². The van der Waals surface area contributed by atoms with E-state index in [-0.39, 0.29) is 43.3 Å². The monoisotopic (exact) mass is 1510 g/mol. The van der Waals surface area contributed by atoms with Crippen LogP contribution in [-0.2, 0) is 56.8 Å². The lowest BCUT2D eigenvalue weighted by atomic mass is 9.77. The first-order valence-corrected chi connectivity index (χ1v) is 41.3. The molecule has 0 amide bonds. The van der Waals surface area contributed by atoms with Gasteiger partial charge in [0.2, 0.25) is 0 Å². The van der Waals surface area contributed by atoms with Crippen LogP contribution in [0.3, 0.4) is 0 Å². The Morgan fingerprint density at radius 2 is 0.333 bits per heavy atom. The molecule has 0 fully saturated rings. The SMILES string of the molecule is CC(C)(C)c1ccc(-c2ccc(-c3ccccc3)cc2)c(C(C)(C)C)c1.CC(C)(C)c1ccc(-c2ccc(-c3ccccc3)cc2)c(C(C)(C)C)c1.CC(C)(C)c1ccc(-c2ccc(-c3ccccc3)cc2)c(C(C)(C)C)c1.CC(C)(C)c1ccc(-c2ccc(-c3ccccc3)cc2)c(C(C)(C)C)c1.O=[P+](O)O[P+](=O)O. The number of rotatable bonds is 10. The molecule has 12 aromatic rings. The fraction of sp³-hybridized carbons (Fsp3) is 0.308. The molecule has 0 heterocycles. The van der Waals surface area contributed by atoms with Gasteiger partial charge in [0.15, 0.2) is 4.31 Å². The molecule has 0 radical (unpaired) electrons. The maximum Gasteiger partial charge on any atom is 0.745 e. The molecule has 0 saturated heterocycles. The highest BCUT2D eigenvalue weighted by Crippen LogP contribution is 2.43. The molecule has 2 N–H and O–H groups in total. The molecule has 0 aliphatic carbocycles. The van der Waals surface area contributed by atoms with Crippen molar-refractivity contribution in [2.75, 3.05) is 0 Å². The van der Waals surface area contributed by atoms with Gasteiger partial charge in [0.25, 0.3) is 0 Å². The molecule has 111 heavy (non-hydrogen) atoms. The van der Waals surface area contributed by atoms with Crippen molar-refractivity contribution in [1.82, 2.24) is 0 Å². The Balaban J connectivity index is 0.000000180. The van der Waals surface area contributed by atoms with Crippen LogP contribution in [0.2, 0.25) is 0 Å². The highest BCUT2D eigenvalue weighted by molar-refractivity contribution is 7.46. The van der Waals surface area contributed by atoms with Crippen LogP contribution in [0.15, 0.2) is 291 Å². The Bertz CT molecular complexity index is 4380. The molecule has 0 aliphatic heterocycles. The minimum atomic E-state index is -2.92. The second-order valence-corrected chi connectivity index (χ2v) is 39.0. The maximum absolute atomic E-state index is 9.39. The summed E-state index contributed by atoms with van der Waals surface area (Å²) in [6.07, 6.45) is 0. The molecule has 0 saturated carbocycles. The van der Waals surface area contributed by atoms with Crippen LogP contribution in [0.25, 0.3) is 89.0 Å². The molecular formula is C104H122O5P2+2. The van der Waals surface area contributed by atoms with Crippen molar-refractivity contribution in [3.05, 3.63) is 336 Å². The lowest BCUT2D eigenvalue weighted by Gasteiger charge is -2.27. The Morgan fingerprint density at radius 1 is 0.189 bits per heavy atom. The topological polar surface area (TPSA) is 83.8 Å². The van der Waals surface area contributed by atoms with Gasteiger partial charge in [-0.25, -0.2) is 0 Å². The molecule has 5 nitrogen and oxygen atoms in total. The number of benzene rings is 12. The van der Waals surface area contributed by atoms with Gasteiger partial charge in [-0.15, -0.1) is 9.79 Å². The van der Waals surface area contributed by atoms with E-state index >= 15 is 0 Å². The van der Waals surface area contributed by atoms with Crippen molar-refractivity contribution in [3.8, 4) is 89.0 Å². The van der Waals surface area contributed by atoms with E-state index in [1.807, 2.05) is 0 Å². The summed E-state index contributed by atoms with van der Waals surface area (Å²) in [5.74, 6) is 0. The highest BCUT2D eigenvalue weighted by atomic mass is 31.2. The summed E-state index contributed by atoms with van der Waals surface area (Å²) in [4.78, 5) is 15.3. The first-order valence-electron chi connectivity index (χ1n) is 39.0. The molecule has 0 aliphatic rings. The Kier molecular flexibility index (Phi) is 28.7. The van der Waals surface area contributed by atoms with Gasteiger partial charge in [0.05, 0.1) is 0 Å². The Labute approximate surface area is 669 Å². The Morgan fingerprint density at radius 3 is 0.459 bits per heavy atom. The first-order chi connectivity index (χ1) is 51.8. The summed E-state index contributed by atoms with van der Waals surface area (Å²) in [5.41, 5.74) is 32.9. The lowest BCUT2D eigenvalue weighted by Crippen LogP contribution is -2.17. The van der Waals surface area contributed by atoms with Gasteiger partial charge < -0.3 is 0 Å². The fourth-order valence-corrected chi connectivity index (χ4v) is 14.0. The summed E-state index contributed by atoms with van der Waals surface area (Å²) in [5, 5.41) is 0. The average Bonchev–Trinajstić information content (AvgIpc) is 0.798. The van der Waals surface area contributed by atoms with Crippen molar-refractivity contribution >= 4 is 16.5 Å². The maximum atomic E-state index is 9.39. The third kappa shape index (κ3) is 24.9. The van der Waals surface area contributed by atoms with Gasteiger partial charge in [0.1, 0.15) is 0 Å². The van der Waals surface area contributed by atoms with Gasteiger partial charge in [-0.3, -0.25) is 0 Å². The molecule has 12 rings (SSSR count). The van der Waals surface area contributed by atoms with Crippen molar-refractivity contribution < 1.29 is 23.2 Å². The smallest absolute Gasteiger partial charge is 0.131 e. The highest BCUT2D eigenvalue weighted by Gasteiger charge is 2.32. The zero-order chi connectivity index (χ0) is 81.7. The molecule has 12 aromatic carbocycles. The van der Waals surface area contributed by atoms with Crippen LogP contribution in [0.5, 0.6) is 0 Å². The normalized spacial score (nSPS) is 12.3. The van der Waals surface area contributed by atoms with Crippen LogP contribution < -0.4 is 0 Å². The van der Waals surface area contributed by atoms with Crippen LogP contribution in [0.1, 0.15) is 211 Å². The largest absolute Gasteiger partial charge is 0.745 e. The number of hydrogen-bond donors (Lipinski definition) is 2. The van der Waals surface area contributed by atoms with Crippen LogP contribution in [-0.4, -0.2) is 9.79 Å². The molecular weight excluding hydrogens is 1390 g/mol. The molecule has 0 spiro atoms. The third-order valence-electron chi connectivity index (χ3n) is 20.1. The van der Waals surface area contributed by atoms with Crippen LogP contribution in [0, 0.1) is 0 Å². The second kappa shape index (κ2) is 36.5. The molecule has 2 unspecified atom stereocenters. The summed E-state index contributed by atoms with van der Waals surface area (Å²) < 4.78 is 22.2. The molecule has 2 atom stereocenters. The summed E-state index contributed by atoms with van der Waals surface area (Å²) >= 11 is 0. The minimum Gasteiger partial charge on any atom is -0.131 e. The summed E-state index contributed by atoms with van der Waals surface area (Å²) in [7, 11) is -5.85. The molecule has 0 aromatic heterocycles.